The minimum absolute atomic E-state index is 0.0496. The Morgan fingerprint density at radius 3 is 0.931 bits per heavy atom. The molecule has 0 radical (unpaired) electrons. The summed E-state index contributed by atoms with van der Waals surface area (Å²) in [4.78, 5) is 0. The first-order chi connectivity index (χ1) is 14.1. The van der Waals surface area contributed by atoms with E-state index in [2.05, 4.69) is 27.7 Å². The molecule has 0 aliphatic carbocycles. The quantitative estimate of drug-likeness (QED) is 0.0932. The Labute approximate surface area is 185 Å². The lowest BCUT2D eigenvalue weighted by molar-refractivity contribution is -0.902. The van der Waals surface area contributed by atoms with Gasteiger partial charge in [-0.1, -0.05) is 117 Å². The van der Waals surface area contributed by atoms with Crippen molar-refractivity contribution in [3.05, 3.63) is 5.21 Å². The number of hydrogen-bond donors (Lipinski definition) is 0. The van der Waals surface area contributed by atoms with Gasteiger partial charge in [-0.25, -0.2) is 0 Å². The first-order valence-corrected chi connectivity index (χ1v) is 13.6. The maximum absolute atomic E-state index is 13.2. The van der Waals surface area contributed by atoms with E-state index in [1.807, 2.05) is 0 Å². The molecule has 0 bridgehead atoms. The molecule has 0 saturated carbocycles. The Balaban J connectivity index is 3.64. The minimum Gasteiger partial charge on any atom is -0.633 e. The molecule has 0 unspecified atom stereocenters. The Morgan fingerprint density at radius 1 is 0.448 bits per heavy atom. The molecule has 2 nitrogen and oxygen atoms in total. The average Bonchev–Trinajstić information content (AvgIpc) is 2.70. The van der Waals surface area contributed by atoms with E-state index in [0.29, 0.717) is 0 Å². The molecular weight excluding hydrogens is 354 g/mol. The Morgan fingerprint density at radius 2 is 0.690 bits per heavy atom. The van der Waals surface area contributed by atoms with Crippen LogP contribution in [0.2, 0.25) is 0 Å². The minimum atomic E-state index is 0.0496. The molecule has 0 saturated heterocycles. The number of hydroxylamine groups is 3. The largest absolute Gasteiger partial charge is 0.633 e. The molecule has 2 heteroatoms. The van der Waals surface area contributed by atoms with E-state index < -0.39 is 0 Å². The van der Waals surface area contributed by atoms with E-state index in [9.17, 15) is 5.21 Å². The highest BCUT2D eigenvalue weighted by Crippen LogP contribution is 2.18. The Bertz CT molecular complexity index is 292. The highest BCUT2D eigenvalue weighted by atomic mass is 16.5. The van der Waals surface area contributed by atoms with Gasteiger partial charge in [-0.3, -0.25) is 0 Å². The molecule has 0 aromatic rings. The predicted molar refractivity (Wildman–Crippen MR) is 132 cm³/mol. The lowest BCUT2D eigenvalue weighted by Crippen LogP contribution is -2.49. The maximum Gasteiger partial charge on any atom is 0.0830 e. The summed E-state index contributed by atoms with van der Waals surface area (Å²) in [6.45, 7) is 10.5. The molecule has 0 spiro atoms. The number of hydrogen-bond acceptors (Lipinski definition) is 1. The van der Waals surface area contributed by atoms with E-state index in [-0.39, 0.29) is 10.7 Å². The summed E-state index contributed by atoms with van der Waals surface area (Å²) in [6, 6.07) is 0.215. The summed E-state index contributed by atoms with van der Waals surface area (Å²) >= 11 is 0. The molecule has 0 amide bonds. The van der Waals surface area contributed by atoms with Crippen LogP contribution in [-0.2, 0) is 0 Å². The molecule has 0 aromatic carbocycles. The monoisotopic (exact) mass is 411 g/mol. The number of rotatable bonds is 23. The summed E-state index contributed by atoms with van der Waals surface area (Å²) in [6.07, 6.45) is 26.9. The van der Waals surface area contributed by atoms with Gasteiger partial charge in [0.2, 0.25) is 0 Å². The van der Waals surface area contributed by atoms with Gasteiger partial charge in [-0.15, -0.1) is 0 Å². The molecule has 0 N–H and O–H groups in total. The topological polar surface area (TPSA) is 23.1 Å². The van der Waals surface area contributed by atoms with Crippen LogP contribution in [0.3, 0.4) is 0 Å². The van der Waals surface area contributed by atoms with Gasteiger partial charge in [0.1, 0.15) is 0 Å². The van der Waals surface area contributed by atoms with Gasteiger partial charge < -0.3 is 9.85 Å². The molecule has 0 rings (SSSR count). The van der Waals surface area contributed by atoms with Crippen LogP contribution in [0, 0.1) is 5.21 Å². The van der Waals surface area contributed by atoms with Crippen LogP contribution in [0.5, 0.6) is 0 Å². The summed E-state index contributed by atoms with van der Waals surface area (Å²) < 4.78 is 0.0496. The number of nitrogens with zero attached hydrogens (tertiary/aromatic N) is 1. The maximum atomic E-state index is 13.2. The van der Waals surface area contributed by atoms with E-state index in [1.54, 1.807) is 0 Å². The lowest BCUT2D eigenvalue weighted by atomic mass is 10.1. The van der Waals surface area contributed by atoms with Crippen LogP contribution < -0.4 is 0 Å². The van der Waals surface area contributed by atoms with Crippen molar-refractivity contribution >= 4 is 0 Å². The molecular formula is C27H57NO. The van der Waals surface area contributed by atoms with E-state index in [4.69, 9.17) is 0 Å². The van der Waals surface area contributed by atoms with Crippen molar-refractivity contribution in [1.82, 2.24) is 0 Å². The summed E-state index contributed by atoms with van der Waals surface area (Å²) in [5.41, 5.74) is 0. The van der Waals surface area contributed by atoms with Crippen LogP contribution in [0.4, 0.5) is 0 Å². The van der Waals surface area contributed by atoms with Crippen LogP contribution in [-0.4, -0.2) is 23.8 Å². The van der Waals surface area contributed by atoms with Crippen molar-refractivity contribution in [1.29, 1.82) is 0 Å². The summed E-state index contributed by atoms with van der Waals surface area (Å²) in [5, 5.41) is 13.2. The third kappa shape index (κ3) is 18.4. The van der Waals surface area contributed by atoms with Crippen LogP contribution >= 0.6 is 0 Å². The molecule has 0 atom stereocenters. The van der Waals surface area contributed by atoms with Crippen LogP contribution in [0.1, 0.15) is 156 Å². The third-order valence-corrected chi connectivity index (χ3v) is 6.72. The molecule has 29 heavy (non-hydrogen) atoms. The first kappa shape index (κ1) is 28.9. The Hall–Kier alpha value is -0.0800. The van der Waals surface area contributed by atoms with Crippen molar-refractivity contribution in [2.24, 2.45) is 0 Å². The van der Waals surface area contributed by atoms with Crippen molar-refractivity contribution in [2.45, 2.75) is 162 Å². The molecule has 0 aromatic heterocycles. The third-order valence-electron chi connectivity index (χ3n) is 6.72. The highest BCUT2D eigenvalue weighted by molar-refractivity contribution is 4.55. The van der Waals surface area contributed by atoms with Crippen molar-refractivity contribution in [3.8, 4) is 0 Å². The molecule has 0 aliphatic rings. The zero-order valence-electron chi connectivity index (χ0n) is 21.0. The van der Waals surface area contributed by atoms with Gasteiger partial charge >= 0.3 is 0 Å². The zero-order chi connectivity index (χ0) is 21.6. The molecule has 0 aliphatic heterocycles. The number of quaternary nitrogens is 1. The van der Waals surface area contributed by atoms with Crippen LogP contribution in [0.15, 0.2) is 0 Å². The fourth-order valence-corrected chi connectivity index (χ4v) is 4.36. The van der Waals surface area contributed by atoms with E-state index in [0.717, 1.165) is 25.9 Å². The standard InChI is InChI=1S/C27H57NO/c1-5-7-9-11-13-15-17-19-21-23-25-28(29,27(3)4)26-24-22-20-18-16-14-12-10-8-6-2/h27H,5-26H2,1-4H3. The second-order valence-corrected chi connectivity index (χ2v) is 9.86. The molecule has 0 heterocycles. The normalized spacial score (nSPS) is 12.2. The average molecular weight is 412 g/mol. The lowest BCUT2D eigenvalue weighted by Gasteiger charge is -2.47. The van der Waals surface area contributed by atoms with Crippen LogP contribution in [0.25, 0.3) is 0 Å². The van der Waals surface area contributed by atoms with Gasteiger partial charge in [0.15, 0.2) is 0 Å². The predicted octanol–water partition coefficient (Wildman–Crippen LogP) is 9.55. The Kier molecular flexibility index (Phi) is 21.1. The molecule has 176 valence electrons. The summed E-state index contributed by atoms with van der Waals surface area (Å²) in [7, 11) is 0. The van der Waals surface area contributed by atoms with E-state index >= 15 is 0 Å². The second kappa shape index (κ2) is 21.2. The van der Waals surface area contributed by atoms with Crippen molar-refractivity contribution in [3.63, 3.8) is 0 Å². The first-order valence-electron chi connectivity index (χ1n) is 13.6. The van der Waals surface area contributed by atoms with Crippen molar-refractivity contribution in [2.75, 3.05) is 13.1 Å². The highest BCUT2D eigenvalue weighted by Gasteiger charge is 2.20. The SMILES string of the molecule is CCCCCCCCCCCC[N+]([O-])(CCCCCCCCCCCC)C(C)C. The van der Waals surface area contributed by atoms with Gasteiger partial charge in [0.25, 0.3) is 0 Å². The van der Waals surface area contributed by atoms with E-state index in [1.165, 1.54) is 116 Å². The second-order valence-electron chi connectivity index (χ2n) is 9.86. The number of unbranched alkanes of at least 4 members (excludes halogenated alkanes) is 18. The zero-order valence-corrected chi connectivity index (χ0v) is 21.0. The van der Waals surface area contributed by atoms with Gasteiger partial charge in [0.05, 0.1) is 19.1 Å². The fraction of sp³-hybridized carbons (Fsp3) is 1.00. The van der Waals surface area contributed by atoms with Gasteiger partial charge in [0, 0.05) is 0 Å². The van der Waals surface area contributed by atoms with Gasteiger partial charge in [-0.2, -0.15) is 0 Å². The molecule has 0 fully saturated rings. The fourth-order valence-electron chi connectivity index (χ4n) is 4.36. The van der Waals surface area contributed by atoms with Crippen molar-refractivity contribution < 1.29 is 4.65 Å². The van der Waals surface area contributed by atoms with Gasteiger partial charge in [-0.05, 0) is 39.5 Å². The smallest absolute Gasteiger partial charge is 0.0830 e. The summed E-state index contributed by atoms with van der Waals surface area (Å²) in [5.74, 6) is 0.